The number of aromatic nitrogens is 2. The van der Waals surface area contributed by atoms with Crippen molar-refractivity contribution in [3.05, 3.63) is 10.0 Å². The number of aryl methyl sites for hydroxylation is 1. The van der Waals surface area contributed by atoms with Crippen LogP contribution in [0.25, 0.3) is 0 Å². The van der Waals surface area contributed by atoms with Gasteiger partial charge in [-0.1, -0.05) is 6.42 Å². The summed E-state index contributed by atoms with van der Waals surface area (Å²) in [6.45, 7) is 4.40. The Labute approximate surface area is 107 Å². The van der Waals surface area contributed by atoms with Gasteiger partial charge in [0.15, 0.2) is 0 Å². The Hall–Kier alpha value is -0.520. The van der Waals surface area contributed by atoms with E-state index in [4.69, 9.17) is 5.11 Å². The third-order valence-corrected chi connectivity index (χ3v) is 4.17. The summed E-state index contributed by atoms with van der Waals surface area (Å²) in [4.78, 5) is 2.51. The minimum Gasteiger partial charge on any atom is -0.396 e. The molecule has 0 unspecified atom stereocenters. The number of hydrogen-bond acceptors (Lipinski definition) is 5. The van der Waals surface area contributed by atoms with E-state index in [2.05, 4.69) is 15.1 Å². The SMILES string of the molecule is Cc1nnc(CN2CCCC[C@H]2CCCO)s1. The van der Waals surface area contributed by atoms with E-state index in [9.17, 15) is 0 Å². The van der Waals surface area contributed by atoms with E-state index >= 15 is 0 Å². The van der Waals surface area contributed by atoms with Crippen molar-refractivity contribution < 1.29 is 5.11 Å². The molecule has 0 aromatic carbocycles. The van der Waals surface area contributed by atoms with Crippen molar-refractivity contribution in [2.24, 2.45) is 0 Å². The molecule has 0 bridgehead atoms. The molecule has 1 fully saturated rings. The average molecular weight is 255 g/mol. The van der Waals surface area contributed by atoms with Crippen molar-refractivity contribution in [1.82, 2.24) is 15.1 Å². The molecule has 1 aliphatic heterocycles. The highest BCUT2D eigenvalue weighted by atomic mass is 32.1. The smallest absolute Gasteiger partial charge is 0.131 e. The highest BCUT2D eigenvalue weighted by molar-refractivity contribution is 7.11. The molecule has 0 radical (unpaired) electrons. The van der Waals surface area contributed by atoms with Crippen LogP contribution in [0.4, 0.5) is 0 Å². The van der Waals surface area contributed by atoms with E-state index in [-0.39, 0.29) is 0 Å². The van der Waals surface area contributed by atoms with Crippen LogP contribution in [0.15, 0.2) is 0 Å². The Morgan fingerprint density at radius 1 is 1.41 bits per heavy atom. The average Bonchev–Trinajstić information content (AvgIpc) is 2.74. The van der Waals surface area contributed by atoms with Crippen LogP contribution >= 0.6 is 11.3 Å². The van der Waals surface area contributed by atoms with Crippen molar-refractivity contribution in [2.45, 2.75) is 51.6 Å². The zero-order valence-corrected chi connectivity index (χ0v) is 11.2. The molecule has 0 spiro atoms. The summed E-state index contributed by atoms with van der Waals surface area (Å²) in [7, 11) is 0. The minimum atomic E-state index is 0.308. The van der Waals surface area contributed by atoms with Gasteiger partial charge in [0, 0.05) is 12.6 Å². The fourth-order valence-electron chi connectivity index (χ4n) is 2.50. The first-order valence-electron chi connectivity index (χ1n) is 6.43. The van der Waals surface area contributed by atoms with Crippen molar-refractivity contribution >= 4 is 11.3 Å². The Morgan fingerprint density at radius 2 is 2.29 bits per heavy atom. The summed E-state index contributed by atoms with van der Waals surface area (Å²) in [5.74, 6) is 0. The number of nitrogens with zero attached hydrogens (tertiary/aromatic N) is 3. The maximum atomic E-state index is 8.94. The lowest BCUT2D eigenvalue weighted by molar-refractivity contribution is 0.123. The van der Waals surface area contributed by atoms with E-state index in [0.29, 0.717) is 12.6 Å². The summed E-state index contributed by atoms with van der Waals surface area (Å²) in [5, 5.41) is 19.4. The molecule has 4 nitrogen and oxygen atoms in total. The quantitative estimate of drug-likeness (QED) is 0.874. The van der Waals surface area contributed by atoms with E-state index in [1.54, 1.807) is 11.3 Å². The fraction of sp³-hybridized carbons (Fsp3) is 0.833. The first-order chi connectivity index (χ1) is 8.29. The van der Waals surface area contributed by atoms with Gasteiger partial charge in [-0.05, 0) is 39.2 Å². The third-order valence-electron chi connectivity index (χ3n) is 3.35. The molecule has 0 amide bonds. The molecular formula is C12H21N3OS. The van der Waals surface area contributed by atoms with Gasteiger partial charge in [0.05, 0.1) is 6.54 Å². The molecule has 1 aliphatic rings. The van der Waals surface area contributed by atoms with Gasteiger partial charge >= 0.3 is 0 Å². The van der Waals surface area contributed by atoms with Gasteiger partial charge in [0.1, 0.15) is 10.0 Å². The van der Waals surface area contributed by atoms with Gasteiger partial charge < -0.3 is 5.11 Å². The van der Waals surface area contributed by atoms with Gasteiger partial charge in [0.25, 0.3) is 0 Å². The lowest BCUT2D eigenvalue weighted by Crippen LogP contribution is -2.39. The molecule has 1 aromatic heterocycles. The Bertz CT molecular complexity index is 342. The molecule has 2 rings (SSSR count). The van der Waals surface area contributed by atoms with E-state index in [1.807, 2.05) is 6.92 Å². The highest BCUT2D eigenvalue weighted by Gasteiger charge is 2.22. The number of rotatable bonds is 5. The lowest BCUT2D eigenvalue weighted by Gasteiger charge is -2.35. The molecule has 1 saturated heterocycles. The van der Waals surface area contributed by atoms with Gasteiger partial charge in [-0.3, -0.25) is 4.90 Å². The van der Waals surface area contributed by atoms with E-state index in [0.717, 1.165) is 35.9 Å². The van der Waals surface area contributed by atoms with E-state index < -0.39 is 0 Å². The second kappa shape index (κ2) is 6.42. The highest BCUT2D eigenvalue weighted by Crippen LogP contribution is 2.23. The maximum Gasteiger partial charge on any atom is 0.131 e. The molecule has 0 saturated carbocycles. The summed E-state index contributed by atoms with van der Waals surface area (Å²) in [5.41, 5.74) is 0. The van der Waals surface area contributed by atoms with Crippen molar-refractivity contribution in [1.29, 1.82) is 0 Å². The number of aliphatic hydroxyl groups is 1. The second-order valence-corrected chi connectivity index (χ2v) is 5.97. The number of likely N-dealkylation sites (tertiary alicyclic amines) is 1. The molecule has 0 aliphatic carbocycles. The largest absolute Gasteiger partial charge is 0.396 e. The fourth-order valence-corrected chi connectivity index (χ4v) is 3.23. The molecular weight excluding hydrogens is 234 g/mol. The number of piperidine rings is 1. The monoisotopic (exact) mass is 255 g/mol. The minimum absolute atomic E-state index is 0.308. The Morgan fingerprint density at radius 3 is 3.00 bits per heavy atom. The summed E-state index contributed by atoms with van der Waals surface area (Å²) >= 11 is 1.69. The van der Waals surface area contributed by atoms with Crippen LogP contribution < -0.4 is 0 Å². The van der Waals surface area contributed by atoms with Gasteiger partial charge in [-0.15, -0.1) is 21.5 Å². The molecule has 17 heavy (non-hydrogen) atoms. The van der Waals surface area contributed by atoms with Crippen molar-refractivity contribution in [3.63, 3.8) is 0 Å². The van der Waals surface area contributed by atoms with Gasteiger partial charge in [-0.2, -0.15) is 0 Å². The summed E-state index contributed by atoms with van der Waals surface area (Å²) < 4.78 is 0. The van der Waals surface area contributed by atoms with E-state index in [1.165, 1.54) is 19.3 Å². The number of hydrogen-bond donors (Lipinski definition) is 1. The molecule has 5 heteroatoms. The van der Waals surface area contributed by atoms with Crippen LogP contribution in [0.3, 0.4) is 0 Å². The number of aliphatic hydroxyl groups excluding tert-OH is 1. The normalized spacial score (nSPS) is 21.9. The maximum absolute atomic E-state index is 8.94. The van der Waals surface area contributed by atoms with Crippen LogP contribution in [0.5, 0.6) is 0 Å². The Balaban J connectivity index is 1.91. The van der Waals surface area contributed by atoms with Crippen LogP contribution in [0, 0.1) is 6.92 Å². The molecule has 2 heterocycles. The topological polar surface area (TPSA) is 49.2 Å². The zero-order valence-electron chi connectivity index (χ0n) is 10.4. The molecule has 1 N–H and O–H groups in total. The molecule has 1 aromatic rings. The zero-order chi connectivity index (χ0) is 12.1. The van der Waals surface area contributed by atoms with Crippen LogP contribution in [-0.4, -0.2) is 39.4 Å². The Kier molecular flexibility index (Phi) is 4.88. The van der Waals surface area contributed by atoms with Crippen molar-refractivity contribution in [2.75, 3.05) is 13.2 Å². The van der Waals surface area contributed by atoms with Crippen LogP contribution in [0.2, 0.25) is 0 Å². The molecule has 1 atom stereocenters. The molecule has 96 valence electrons. The van der Waals surface area contributed by atoms with Gasteiger partial charge in [0.2, 0.25) is 0 Å². The predicted octanol–water partition coefficient (Wildman–Crippen LogP) is 1.97. The first-order valence-corrected chi connectivity index (χ1v) is 7.25. The van der Waals surface area contributed by atoms with Crippen LogP contribution in [-0.2, 0) is 6.54 Å². The summed E-state index contributed by atoms with van der Waals surface area (Å²) in [6.07, 6.45) is 5.89. The van der Waals surface area contributed by atoms with Crippen molar-refractivity contribution in [3.8, 4) is 0 Å². The standard InChI is InChI=1S/C12H21N3OS/c1-10-13-14-12(17-10)9-15-7-3-2-5-11(15)6-4-8-16/h11,16H,2-9H2,1H3/t11-/m0/s1. The predicted molar refractivity (Wildman–Crippen MR) is 69.0 cm³/mol. The van der Waals surface area contributed by atoms with Gasteiger partial charge in [-0.25, -0.2) is 0 Å². The second-order valence-electron chi connectivity index (χ2n) is 4.70. The van der Waals surface area contributed by atoms with Crippen LogP contribution in [0.1, 0.15) is 42.1 Å². The third kappa shape index (κ3) is 3.72. The first kappa shape index (κ1) is 12.9. The summed E-state index contributed by atoms with van der Waals surface area (Å²) in [6, 6.07) is 0.625. The lowest BCUT2D eigenvalue weighted by atomic mass is 9.98.